The predicted octanol–water partition coefficient (Wildman–Crippen LogP) is 3.66. The fraction of sp³-hybridized carbons (Fsp3) is 0.263. The van der Waals surface area contributed by atoms with Crippen LogP contribution in [0, 0.1) is 0 Å². The van der Waals surface area contributed by atoms with Crippen LogP contribution in [0.15, 0.2) is 66.9 Å². The molecule has 0 radical (unpaired) electrons. The fourth-order valence-electron chi connectivity index (χ4n) is 2.18. The molecule has 2 atom stereocenters. The van der Waals surface area contributed by atoms with Crippen LogP contribution in [0.4, 0.5) is 0 Å². The maximum atomic E-state index is 5.65. The Balaban J connectivity index is 1.28. The first-order chi connectivity index (χ1) is 10.9. The molecule has 0 saturated carbocycles. The van der Waals surface area contributed by atoms with E-state index in [9.17, 15) is 0 Å². The van der Waals surface area contributed by atoms with Gasteiger partial charge in [0.15, 0.2) is 0 Å². The van der Waals surface area contributed by atoms with E-state index in [1.165, 1.54) is 5.56 Å². The predicted molar refractivity (Wildman–Crippen MR) is 86.2 cm³/mol. The van der Waals surface area contributed by atoms with E-state index >= 15 is 0 Å². The Labute approximate surface area is 131 Å². The van der Waals surface area contributed by atoms with Crippen LogP contribution in [0.3, 0.4) is 0 Å². The maximum Gasteiger partial charge on any atom is 0.120 e. The van der Waals surface area contributed by atoms with E-state index in [0.717, 1.165) is 5.56 Å². The van der Waals surface area contributed by atoms with Crippen LogP contribution in [0.2, 0.25) is 0 Å². The first kappa shape index (κ1) is 14.8. The van der Waals surface area contributed by atoms with E-state index in [1.54, 1.807) is 6.26 Å². The van der Waals surface area contributed by atoms with Crippen LogP contribution in [-0.4, -0.2) is 25.4 Å². The van der Waals surface area contributed by atoms with Gasteiger partial charge in [-0.25, -0.2) is 0 Å². The summed E-state index contributed by atoms with van der Waals surface area (Å²) in [4.78, 5) is 0. The van der Waals surface area contributed by atoms with Gasteiger partial charge in [0.2, 0.25) is 0 Å². The molecule has 0 spiro atoms. The van der Waals surface area contributed by atoms with Crippen molar-refractivity contribution in [2.24, 2.45) is 0 Å². The van der Waals surface area contributed by atoms with E-state index in [2.05, 4.69) is 12.1 Å². The van der Waals surface area contributed by atoms with Gasteiger partial charge in [-0.1, -0.05) is 60.7 Å². The third-order valence-electron chi connectivity index (χ3n) is 3.50. The van der Waals surface area contributed by atoms with Crippen LogP contribution >= 0.6 is 0 Å². The lowest BCUT2D eigenvalue weighted by Gasteiger charge is -2.02. The molecular weight excluding hydrogens is 276 g/mol. The molecule has 22 heavy (non-hydrogen) atoms. The minimum Gasteiger partial charge on any atom is -0.498 e. The smallest absolute Gasteiger partial charge is 0.120 e. The minimum atomic E-state index is 0.149. The van der Waals surface area contributed by atoms with Crippen molar-refractivity contribution in [2.75, 3.05) is 13.2 Å². The summed E-state index contributed by atoms with van der Waals surface area (Å²) in [7, 11) is 0. The van der Waals surface area contributed by atoms with Crippen LogP contribution in [0.1, 0.15) is 11.1 Å². The number of rotatable bonds is 8. The van der Waals surface area contributed by atoms with Crippen molar-refractivity contribution in [3.05, 3.63) is 78.1 Å². The van der Waals surface area contributed by atoms with E-state index in [1.807, 2.05) is 54.6 Å². The summed E-state index contributed by atoms with van der Waals surface area (Å²) in [5.74, 6) is 0. The summed E-state index contributed by atoms with van der Waals surface area (Å²) in [6.07, 6.45) is 3.98. The molecule has 0 unspecified atom stereocenters. The molecule has 0 amide bonds. The Morgan fingerprint density at radius 2 is 1.55 bits per heavy atom. The molecule has 0 aromatic heterocycles. The molecule has 1 fully saturated rings. The lowest BCUT2D eigenvalue weighted by molar-refractivity contribution is 0.104. The Morgan fingerprint density at radius 1 is 0.864 bits per heavy atom. The average molecular weight is 296 g/mol. The Hall–Kier alpha value is -2.10. The third-order valence-corrected chi connectivity index (χ3v) is 3.50. The van der Waals surface area contributed by atoms with Gasteiger partial charge in [0.25, 0.3) is 0 Å². The number of epoxide rings is 1. The molecule has 0 N–H and O–H groups in total. The molecule has 2 aromatic carbocycles. The molecule has 1 heterocycles. The van der Waals surface area contributed by atoms with E-state index in [4.69, 9.17) is 14.2 Å². The molecule has 1 aliphatic heterocycles. The summed E-state index contributed by atoms with van der Waals surface area (Å²) < 4.78 is 16.7. The number of hydrogen-bond acceptors (Lipinski definition) is 3. The van der Waals surface area contributed by atoms with Gasteiger partial charge in [0.05, 0.1) is 19.5 Å². The van der Waals surface area contributed by atoms with Crippen LogP contribution in [0.25, 0.3) is 6.08 Å². The van der Waals surface area contributed by atoms with Gasteiger partial charge in [-0.3, -0.25) is 0 Å². The largest absolute Gasteiger partial charge is 0.498 e. The SMILES string of the molecule is C(=C\c1ccccc1)/OC[C@H]1O[C@H]1COCc1ccccc1. The average Bonchev–Trinajstić information content (AvgIpc) is 3.32. The quantitative estimate of drug-likeness (QED) is 0.550. The number of ether oxygens (including phenoxy) is 3. The second-order valence-electron chi connectivity index (χ2n) is 5.26. The van der Waals surface area contributed by atoms with Gasteiger partial charge >= 0.3 is 0 Å². The van der Waals surface area contributed by atoms with Crippen molar-refractivity contribution in [3.63, 3.8) is 0 Å². The van der Waals surface area contributed by atoms with E-state index in [0.29, 0.717) is 19.8 Å². The number of hydrogen-bond donors (Lipinski definition) is 0. The highest BCUT2D eigenvalue weighted by Gasteiger charge is 2.39. The monoisotopic (exact) mass is 296 g/mol. The van der Waals surface area contributed by atoms with Gasteiger partial charge in [0.1, 0.15) is 18.8 Å². The summed E-state index contributed by atoms with van der Waals surface area (Å²) in [6.45, 7) is 1.82. The zero-order valence-corrected chi connectivity index (χ0v) is 12.4. The molecule has 0 aliphatic carbocycles. The Bertz CT molecular complexity index is 580. The minimum absolute atomic E-state index is 0.149. The first-order valence-electron chi connectivity index (χ1n) is 7.52. The zero-order valence-electron chi connectivity index (χ0n) is 12.4. The Morgan fingerprint density at radius 3 is 2.32 bits per heavy atom. The van der Waals surface area contributed by atoms with Gasteiger partial charge in [-0.2, -0.15) is 0 Å². The van der Waals surface area contributed by atoms with Crippen molar-refractivity contribution in [2.45, 2.75) is 18.8 Å². The Kier molecular flexibility index (Phi) is 5.24. The van der Waals surface area contributed by atoms with Crippen molar-refractivity contribution in [3.8, 4) is 0 Å². The third kappa shape index (κ3) is 4.72. The maximum absolute atomic E-state index is 5.65. The summed E-state index contributed by atoms with van der Waals surface area (Å²) >= 11 is 0. The molecule has 114 valence electrons. The van der Waals surface area contributed by atoms with E-state index < -0.39 is 0 Å². The van der Waals surface area contributed by atoms with Gasteiger partial charge in [0, 0.05) is 0 Å². The summed E-state index contributed by atoms with van der Waals surface area (Å²) in [5.41, 5.74) is 2.31. The molecule has 1 saturated heterocycles. The van der Waals surface area contributed by atoms with Crippen molar-refractivity contribution >= 4 is 6.08 Å². The highest BCUT2D eigenvalue weighted by atomic mass is 16.6. The molecule has 1 aliphatic rings. The second kappa shape index (κ2) is 7.78. The lowest BCUT2D eigenvalue weighted by Crippen LogP contribution is -2.08. The van der Waals surface area contributed by atoms with Crippen molar-refractivity contribution in [1.82, 2.24) is 0 Å². The van der Waals surface area contributed by atoms with Gasteiger partial charge < -0.3 is 14.2 Å². The summed E-state index contributed by atoms with van der Waals surface area (Å²) in [5, 5.41) is 0. The second-order valence-corrected chi connectivity index (χ2v) is 5.26. The normalized spacial score (nSPS) is 20.2. The van der Waals surface area contributed by atoms with Gasteiger partial charge in [-0.05, 0) is 17.2 Å². The molecule has 2 aromatic rings. The zero-order chi connectivity index (χ0) is 15.0. The number of benzene rings is 2. The van der Waals surface area contributed by atoms with Gasteiger partial charge in [-0.15, -0.1) is 0 Å². The fourth-order valence-corrected chi connectivity index (χ4v) is 2.18. The molecule has 3 nitrogen and oxygen atoms in total. The van der Waals surface area contributed by atoms with E-state index in [-0.39, 0.29) is 12.2 Å². The molecule has 0 bridgehead atoms. The van der Waals surface area contributed by atoms with Crippen molar-refractivity contribution in [1.29, 1.82) is 0 Å². The molecular formula is C19H20O3. The van der Waals surface area contributed by atoms with Crippen LogP contribution < -0.4 is 0 Å². The topological polar surface area (TPSA) is 31.0 Å². The highest BCUT2D eigenvalue weighted by Crippen LogP contribution is 2.23. The highest BCUT2D eigenvalue weighted by molar-refractivity contribution is 5.47. The molecule has 3 rings (SSSR count). The molecule has 3 heteroatoms. The summed E-state index contributed by atoms with van der Waals surface area (Å²) in [6, 6.07) is 20.2. The standard InChI is InChI=1S/C19H20O3/c1-3-7-16(8-4-1)11-12-20-14-18-19(22-18)15-21-13-17-9-5-2-6-10-17/h1-12,18-19H,13-15H2/b12-11+/t18-,19+/m1/s1. The first-order valence-corrected chi connectivity index (χ1v) is 7.52. The van der Waals surface area contributed by atoms with Crippen LogP contribution in [0.5, 0.6) is 0 Å². The lowest BCUT2D eigenvalue weighted by atomic mass is 10.2. The van der Waals surface area contributed by atoms with Crippen LogP contribution in [-0.2, 0) is 20.8 Å². The van der Waals surface area contributed by atoms with Crippen molar-refractivity contribution < 1.29 is 14.2 Å².